The van der Waals surface area contributed by atoms with Crippen molar-refractivity contribution in [3.8, 4) is 0 Å². The lowest BCUT2D eigenvalue weighted by molar-refractivity contribution is 0.0701. The van der Waals surface area contributed by atoms with E-state index in [0.29, 0.717) is 43.2 Å². The summed E-state index contributed by atoms with van der Waals surface area (Å²) in [5, 5.41) is 14.0. The molecule has 0 aliphatic carbocycles. The van der Waals surface area contributed by atoms with Crippen LogP contribution < -0.4 is 5.32 Å². The molecule has 5 nitrogen and oxygen atoms in total. The van der Waals surface area contributed by atoms with Crippen molar-refractivity contribution >= 4 is 62.2 Å². The molecule has 0 unspecified atom stereocenters. The van der Waals surface area contributed by atoms with Crippen molar-refractivity contribution in [2.75, 3.05) is 5.32 Å². The highest BCUT2D eigenvalue weighted by Crippen LogP contribution is 2.35. The Morgan fingerprint density at radius 1 is 1.22 bits per heavy atom. The van der Waals surface area contributed by atoms with Gasteiger partial charge in [0.05, 0.1) is 15.4 Å². The van der Waals surface area contributed by atoms with Gasteiger partial charge in [0.25, 0.3) is 0 Å². The molecule has 0 saturated heterocycles. The van der Waals surface area contributed by atoms with Crippen molar-refractivity contribution < 1.29 is 9.90 Å². The molecular formula is C15H11Cl2N3O2S. The minimum Gasteiger partial charge on any atom is -0.477 e. The Hall–Kier alpha value is -1.89. The van der Waals surface area contributed by atoms with Crippen LogP contribution in [0.1, 0.15) is 21.1 Å². The standard InChI is InChI=1S/C15H11Cl2N3O2S/c1-6-11-13(20-8-3-4-9(16)10(17)5-8)18-7(2)19-14(11)23-12(6)15(21)22/h3-5H,1-2H3,(H,21,22)(H,18,19,20). The predicted molar refractivity (Wildman–Crippen MR) is 93.6 cm³/mol. The first-order valence-electron chi connectivity index (χ1n) is 6.60. The van der Waals surface area contributed by atoms with Crippen LogP contribution >= 0.6 is 34.5 Å². The minimum atomic E-state index is -0.969. The van der Waals surface area contributed by atoms with Crippen LogP contribution in [-0.4, -0.2) is 21.0 Å². The SMILES string of the molecule is Cc1nc(Nc2ccc(Cl)c(Cl)c2)c2c(C)c(C(=O)O)sc2n1. The second-order valence-corrected chi connectivity index (χ2v) is 6.73. The zero-order valence-corrected chi connectivity index (χ0v) is 14.5. The number of carboxylic acids is 1. The maximum Gasteiger partial charge on any atom is 0.346 e. The van der Waals surface area contributed by atoms with Gasteiger partial charge >= 0.3 is 5.97 Å². The summed E-state index contributed by atoms with van der Waals surface area (Å²) < 4.78 is 0. The number of benzene rings is 1. The average Bonchev–Trinajstić information content (AvgIpc) is 2.80. The number of thiophene rings is 1. The van der Waals surface area contributed by atoms with Crippen LogP contribution in [0.15, 0.2) is 18.2 Å². The van der Waals surface area contributed by atoms with Gasteiger partial charge in [-0.2, -0.15) is 0 Å². The van der Waals surface area contributed by atoms with E-state index in [-0.39, 0.29) is 4.88 Å². The first-order chi connectivity index (χ1) is 10.9. The Labute approximate surface area is 145 Å². The fourth-order valence-corrected chi connectivity index (χ4v) is 3.61. The van der Waals surface area contributed by atoms with Gasteiger partial charge in [-0.25, -0.2) is 14.8 Å². The molecule has 0 aliphatic heterocycles. The number of anilines is 2. The lowest BCUT2D eigenvalue weighted by Crippen LogP contribution is -1.99. The predicted octanol–water partition coefficient (Wildman–Crippen LogP) is 5.06. The highest BCUT2D eigenvalue weighted by atomic mass is 35.5. The van der Waals surface area contributed by atoms with Crippen molar-refractivity contribution in [3.05, 3.63) is 44.5 Å². The number of aromatic carboxylic acids is 1. The van der Waals surface area contributed by atoms with Crippen LogP contribution in [-0.2, 0) is 0 Å². The van der Waals surface area contributed by atoms with Crippen LogP contribution in [0.5, 0.6) is 0 Å². The molecule has 2 aromatic heterocycles. The molecule has 0 aliphatic rings. The summed E-state index contributed by atoms with van der Waals surface area (Å²) in [6, 6.07) is 5.14. The van der Waals surface area contributed by atoms with Gasteiger partial charge < -0.3 is 10.4 Å². The Morgan fingerprint density at radius 3 is 2.61 bits per heavy atom. The summed E-state index contributed by atoms with van der Waals surface area (Å²) in [4.78, 5) is 21.0. The van der Waals surface area contributed by atoms with Gasteiger partial charge in [-0.05, 0) is 37.6 Å². The Kier molecular flexibility index (Phi) is 4.14. The number of nitrogens with one attached hydrogen (secondary N) is 1. The molecule has 2 N–H and O–H groups in total. The van der Waals surface area contributed by atoms with E-state index in [4.69, 9.17) is 23.2 Å². The Morgan fingerprint density at radius 2 is 1.96 bits per heavy atom. The van der Waals surface area contributed by atoms with Crippen molar-refractivity contribution in [1.29, 1.82) is 0 Å². The number of nitrogens with zero attached hydrogens (tertiary/aromatic N) is 2. The van der Waals surface area contributed by atoms with Crippen LogP contribution in [0.2, 0.25) is 10.0 Å². The first kappa shape index (κ1) is 16.0. The van der Waals surface area contributed by atoms with Crippen molar-refractivity contribution in [2.45, 2.75) is 13.8 Å². The second-order valence-electron chi connectivity index (χ2n) is 4.91. The normalized spacial score (nSPS) is 11.0. The fourth-order valence-electron chi connectivity index (χ4n) is 2.25. The number of rotatable bonds is 3. The van der Waals surface area contributed by atoms with E-state index in [1.807, 2.05) is 0 Å². The van der Waals surface area contributed by atoms with Gasteiger partial charge in [-0.3, -0.25) is 0 Å². The van der Waals surface area contributed by atoms with Crippen LogP contribution in [0.4, 0.5) is 11.5 Å². The maximum atomic E-state index is 11.3. The van der Waals surface area contributed by atoms with Crippen LogP contribution in [0, 0.1) is 13.8 Å². The van der Waals surface area contributed by atoms with E-state index >= 15 is 0 Å². The minimum absolute atomic E-state index is 0.261. The van der Waals surface area contributed by atoms with Gasteiger partial charge in [0.15, 0.2) is 0 Å². The molecule has 0 fully saturated rings. The van der Waals surface area contributed by atoms with Crippen LogP contribution in [0.25, 0.3) is 10.2 Å². The quantitative estimate of drug-likeness (QED) is 0.676. The number of hydrogen-bond acceptors (Lipinski definition) is 5. The molecular weight excluding hydrogens is 357 g/mol. The third-order valence-corrected chi connectivity index (χ3v) is 5.19. The molecule has 0 spiro atoms. The Balaban J connectivity index is 2.16. The molecule has 8 heteroatoms. The van der Waals surface area contributed by atoms with Gasteiger partial charge in [0.2, 0.25) is 0 Å². The summed E-state index contributed by atoms with van der Waals surface area (Å²) >= 11 is 13.1. The molecule has 0 atom stereocenters. The van der Waals surface area contributed by atoms with Crippen LogP contribution in [0.3, 0.4) is 0 Å². The third-order valence-electron chi connectivity index (χ3n) is 3.28. The highest BCUT2D eigenvalue weighted by molar-refractivity contribution is 7.20. The number of carbonyl (C=O) groups is 1. The molecule has 118 valence electrons. The van der Waals surface area contributed by atoms with Gasteiger partial charge in [-0.1, -0.05) is 23.2 Å². The van der Waals surface area contributed by atoms with Gasteiger partial charge in [0, 0.05) is 5.69 Å². The molecule has 1 aromatic carbocycles. The van der Waals surface area contributed by atoms with Gasteiger partial charge in [-0.15, -0.1) is 11.3 Å². The summed E-state index contributed by atoms with van der Waals surface area (Å²) in [6.07, 6.45) is 0. The fraction of sp³-hybridized carbons (Fsp3) is 0.133. The third kappa shape index (κ3) is 2.97. The topological polar surface area (TPSA) is 75.1 Å². The van der Waals surface area contributed by atoms with E-state index in [0.717, 1.165) is 11.3 Å². The number of halogens is 2. The lowest BCUT2D eigenvalue weighted by atomic mass is 10.2. The number of carboxylic acid groups (broad SMARTS) is 1. The molecule has 2 heterocycles. The number of aryl methyl sites for hydroxylation is 2. The molecule has 0 saturated carbocycles. The highest BCUT2D eigenvalue weighted by Gasteiger charge is 2.19. The first-order valence-corrected chi connectivity index (χ1v) is 8.17. The zero-order valence-electron chi connectivity index (χ0n) is 12.1. The molecule has 0 amide bonds. The van der Waals surface area contributed by atoms with Crippen molar-refractivity contribution in [1.82, 2.24) is 9.97 Å². The zero-order chi connectivity index (χ0) is 16.7. The molecule has 23 heavy (non-hydrogen) atoms. The summed E-state index contributed by atoms with van der Waals surface area (Å²) in [5.41, 5.74) is 1.35. The van der Waals surface area contributed by atoms with Crippen molar-refractivity contribution in [2.24, 2.45) is 0 Å². The Bertz CT molecular complexity index is 940. The van der Waals surface area contributed by atoms with E-state index in [2.05, 4.69) is 15.3 Å². The monoisotopic (exact) mass is 367 g/mol. The average molecular weight is 368 g/mol. The number of hydrogen-bond donors (Lipinski definition) is 2. The van der Waals surface area contributed by atoms with E-state index < -0.39 is 5.97 Å². The smallest absolute Gasteiger partial charge is 0.346 e. The largest absolute Gasteiger partial charge is 0.477 e. The molecule has 0 bridgehead atoms. The maximum absolute atomic E-state index is 11.3. The molecule has 3 rings (SSSR count). The van der Waals surface area contributed by atoms with Crippen molar-refractivity contribution in [3.63, 3.8) is 0 Å². The summed E-state index contributed by atoms with van der Waals surface area (Å²) in [6.45, 7) is 3.51. The lowest BCUT2D eigenvalue weighted by Gasteiger charge is -2.09. The van der Waals surface area contributed by atoms with Gasteiger partial charge in [0.1, 0.15) is 21.3 Å². The number of fused-ring (bicyclic) bond motifs is 1. The molecule has 0 radical (unpaired) electrons. The summed E-state index contributed by atoms with van der Waals surface area (Å²) in [5.74, 6) is 0.133. The number of aromatic nitrogens is 2. The van der Waals surface area contributed by atoms with E-state index in [9.17, 15) is 9.90 Å². The van der Waals surface area contributed by atoms with E-state index in [1.54, 1.807) is 32.0 Å². The second kappa shape index (κ2) is 5.96. The summed E-state index contributed by atoms with van der Waals surface area (Å²) in [7, 11) is 0. The van der Waals surface area contributed by atoms with E-state index in [1.165, 1.54) is 0 Å². The molecule has 3 aromatic rings.